The Morgan fingerprint density at radius 1 is 1.26 bits per heavy atom. The van der Waals surface area contributed by atoms with Crippen LogP contribution in [0.25, 0.3) is 0 Å². The molecule has 0 spiro atoms. The monoisotopic (exact) mass is 426 g/mol. The molecule has 3 atom stereocenters. The molecule has 31 heavy (non-hydrogen) atoms. The maximum Gasteiger partial charge on any atom is 0.222 e. The van der Waals surface area contributed by atoms with Crippen molar-refractivity contribution in [3.05, 3.63) is 54.6 Å². The second-order valence-corrected chi connectivity index (χ2v) is 8.68. The first-order valence-corrected chi connectivity index (χ1v) is 11.1. The van der Waals surface area contributed by atoms with Gasteiger partial charge in [0, 0.05) is 51.3 Å². The van der Waals surface area contributed by atoms with Crippen molar-refractivity contribution in [2.75, 3.05) is 13.6 Å². The molecule has 0 saturated heterocycles. The Labute approximate surface area is 184 Å². The number of benzene rings is 1. The van der Waals surface area contributed by atoms with Crippen LogP contribution in [-0.4, -0.2) is 57.1 Å². The van der Waals surface area contributed by atoms with Crippen molar-refractivity contribution in [1.29, 1.82) is 0 Å². The molecule has 3 rings (SSSR count). The maximum atomic E-state index is 12.8. The normalized spacial score (nSPS) is 23.7. The fourth-order valence-corrected chi connectivity index (χ4v) is 4.66. The molecule has 1 aromatic heterocycles. The van der Waals surface area contributed by atoms with Crippen LogP contribution in [0.2, 0.25) is 0 Å². The van der Waals surface area contributed by atoms with Crippen LogP contribution < -0.4 is 5.32 Å². The summed E-state index contributed by atoms with van der Waals surface area (Å²) in [4.78, 5) is 30.2. The minimum absolute atomic E-state index is 0.0539. The topological polar surface area (TPSA) is 87.5 Å². The molecule has 1 aliphatic rings. The molecule has 0 bridgehead atoms. The van der Waals surface area contributed by atoms with E-state index in [9.17, 15) is 14.7 Å². The SMILES string of the molecule is CC(=O)NC[C@]1(c2ccccc2)CC[C@@H](O)[C@H](N(C)C(=O)CCCn2ccnc2)CC1. The average molecular weight is 427 g/mol. The van der Waals surface area contributed by atoms with Crippen molar-refractivity contribution in [2.45, 2.75) is 69.6 Å². The molecule has 0 unspecified atom stereocenters. The fraction of sp³-hybridized carbons (Fsp3) is 0.542. The summed E-state index contributed by atoms with van der Waals surface area (Å²) < 4.78 is 1.96. The lowest BCUT2D eigenvalue weighted by molar-refractivity contribution is -0.134. The van der Waals surface area contributed by atoms with E-state index >= 15 is 0 Å². The van der Waals surface area contributed by atoms with Crippen LogP contribution in [0.4, 0.5) is 0 Å². The smallest absolute Gasteiger partial charge is 0.222 e. The molecule has 168 valence electrons. The van der Waals surface area contributed by atoms with E-state index in [2.05, 4.69) is 22.4 Å². The van der Waals surface area contributed by atoms with E-state index in [1.807, 2.05) is 29.0 Å². The molecular weight excluding hydrogens is 392 g/mol. The highest BCUT2D eigenvalue weighted by Gasteiger charge is 2.39. The second kappa shape index (κ2) is 10.6. The van der Waals surface area contributed by atoms with E-state index in [0.29, 0.717) is 25.8 Å². The van der Waals surface area contributed by atoms with Crippen molar-refractivity contribution in [3.63, 3.8) is 0 Å². The number of hydrogen-bond donors (Lipinski definition) is 2. The standard InChI is InChI=1S/C24H34N4O3/c1-19(29)26-17-24(20-7-4-3-5-8-20)12-10-21(22(30)11-13-24)27(2)23(31)9-6-15-28-16-14-25-18-28/h3-5,7-8,14,16,18,21-22,30H,6,9-13,15,17H2,1-2H3,(H,26,29)/t21-,22-,24-/m1/s1. The molecule has 1 aromatic carbocycles. The van der Waals surface area contributed by atoms with Crippen LogP contribution in [0.3, 0.4) is 0 Å². The first kappa shape index (κ1) is 23.0. The van der Waals surface area contributed by atoms with E-state index in [-0.39, 0.29) is 23.3 Å². The van der Waals surface area contributed by atoms with Crippen molar-refractivity contribution >= 4 is 11.8 Å². The number of carbonyl (C=O) groups is 2. The molecule has 2 aromatic rings. The number of imidazole rings is 1. The van der Waals surface area contributed by atoms with Gasteiger partial charge in [-0.2, -0.15) is 0 Å². The lowest BCUT2D eigenvalue weighted by atomic mass is 9.74. The molecule has 7 heteroatoms. The van der Waals surface area contributed by atoms with Crippen LogP contribution in [0.5, 0.6) is 0 Å². The zero-order valence-corrected chi connectivity index (χ0v) is 18.5. The maximum absolute atomic E-state index is 12.8. The summed E-state index contributed by atoms with van der Waals surface area (Å²) in [7, 11) is 1.80. The van der Waals surface area contributed by atoms with Gasteiger partial charge in [0.15, 0.2) is 0 Å². The first-order chi connectivity index (χ1) is 14.9. The number of aliphatic hydroxyl groups is 1. The third-order valence-corrected chi connectivity index (χ3v) is 6.60. The summed E-state index contributed by atoms with van der Waals surface area (Å²) in [6.07, 6.45) is 8.81. The number of hydrogen-bond acceptors (Lipinski definition) is 4. The van der Waals surface area contributed by atoms with Gasteiger partial charge in [0.2, 0.25) is 11.8 Å². The molecular formula is C24H34N4O3. The first-order valence-electron chi connectivity index (χ1n) is 11.1. The highest BCUT2D eigenvalue weighted by atomic mass is 16.3. The minimum atomic E-state index is -0.578. The molecule has 1 fully saturated rings. The van der Waals surface area contributed by atoms with Gasteiger partial charge in [-0.25, -0.2) is 4.98 Å². The van der Waals surface area contributed by atoms with Gasteiger partial charge in [-0.15, -0.1) is 0 Å². The zero-order valence-electron chi connectivity index (χ0n) is 18.5. The number of nitrogens with one attached hydrogen (secondary N) is 1. The summed E-state index contributed by atoms with van der Waals surface area (Å²) in [5.74, 6) is 0.0000712. The molecule has 7 nitrogen and oxygen atoms in total. The van der Waals surface area contributed by atoms with Gasteiger partial charge in [-0.3, -0.25) is 9.59 Å². The molecule has 2 N–H and O–H groups in total. The lowest BCUT2D eigenvalue weighted by Gasteiger charge is -2.34. The summed E-state index contributed by atoms with van der Waals surface area (Å²) in [6.45, 7) is 2.82. The molecule has 1 aliphatic carbocycles. The molecule has 0 radical (unpaired) electrons. The Morgan fingerprint density at radius 2 is 2.00 bits per heavy atom. The quantitative estimate of drug-likeness (QED) is 0.635. The Morgan fingerprint density at radius 3 is 2.68 bits per heavy atom. The summed E-state index contributed by atoms with van der Waals surface area (Å²) in [5, 5.41) is 13.9. The van der Waals surface area contributed by atoms with E-state index in [1.165, 1.54) is 12.5 Å². The largest absolute Gasteiger partial charge is 0.391 e. The number of aliphatic hydroxyl groups excluding tert-OH is 1. The average Bonchev–Trinajstić information content (AvgIpc) is 3.22. The highest BCUT2D eigenvalue weighted by Crippen LogP contribution is 2.39. The molecule has 0 aliphatic heterocycles. The van der Waals surface area contributed by atoms with Crippen LogP contribution >= 0.6 is 0 Å². The third-order valence-electron chi connectivity index (χ3n) is 6.60. The summed E-state index contributed by atoms with van der Waals surface area (Å²) in [5.41, 5.74) is 0.930. The highest BCUT2D eigenvalue weighted by molar-refractivity contribution is 5.76. The van der Waals surface area contributed by atoms with Gasteiger partial charge in [0.1, 0.15) is 0 Å². The molecule has 2 amide bonds. The third kappa shape index (κ3) is 5.94. The number of carbonyl (C=O) groups excluding carboxylic acids is 2. The van der Waals surface area contributed by atoms with Crippen LogP contribution in [0.1, 0.15) is 51.0 Å². The number of aromatic nitrogens is 2. The van der Waals surface area contributed by atoms with Gasteiger partial charge in [-0.1, -0.05) is 30.3 Å². The predicted molar refractivity (Wildman–Crippen MR) is 119 cm³/mol. The van der Waals surface area contributed by atoms with Crippen molar-refractivity contribution < 1.29 is 14.7 Å². The minimum Gasteiger partial charge on any atom is -0.391 e. The molecule has 1 saturated carbocycles. The summed E-state index contributed by atoms with van der Waals surface area (Å²) >= 11 is 0. The Kier molecular flexibility index (Phi) is 7.85. The number of amides is 2. The van der Waals surface area contributed by atoms with E-state index in [0.717, 1.165) is 25.8 Å². The van der Waals surface area contributed by atoms with Crippen LogP contribution in [0, 0.1) is 0 Å². The Balaban J connectivity index is 1.66. The Bertz CT molecular complexity index is 840. The van der Waals surface area contributed by atoms with E-state index in [1.54, 1.807) is 24.5 Å². The van der Waals surface area contributed by atoms with Crippen LogP contribution in [0.15, 0.2) is 49.1 Å². The van der Waals surface area contributed by atoms with E-state index < -0.39 is 6.10 Å². The number of likely N-dealkylation sites (N-methyl/N-ethyl adjacent to an activating group) is 1. The zero-order chi connectivity index (χ0) is 22.3. The van der Waals surface area contributed by atoms with Gasteiger partial charge in [-0.05, 0) is 37.7 Å². The molecule has 1 heterocycles. The van der Waals surface area contributed by atoms with Crippen LogP contribution in [-0.2, 0) is 21.5 Å². The number of aryl methyl sites for hydroxylation is 1. The van der Waals surface area contributed by atoms with Gasteiger partial charge < -0.3 is 19.9 Å². The predicted octanol–water partition coefficient (Wildman–Crippen LogP) is 2.50. The van der Waals surface area contributed by atoms with E-state index in [4.69, 9.17) is 0 Å². The van der Waals surface area contributed by atoms with Gasteiger partial charge >= 0.3 is 0 Å². The van der Waals surface area contributed by atoms with Crippen molar-refractivity contribution in [3.8, 4) is 0 Å². The number of rotatable bonds is 8. The second-order valence-electron chi connectivity index (χ2n) is 8.68. The van der Waals surface area contributed by atoms with Gasteiger partial charge in [0.25, 0.3) is 0 Å². The summed E-state index contributed by atoms with van der Waals surface area (Å²) in [6, 6.07) is 9.99. The lowest BCUT2D eigenvalue weighted by Crippen LogP contribution is -2.44. The fourth-order valence-electron chi connectivity index (χ4n) is 4.66. The van der Waals surface area contributed by atoms with Crippen molar-refractivity contribution in [1.82, 2.24) is 19.8 Å². The van der Waals surface area contributed by atoms with Gasteiger partial charge in [0.05, 0.1) is 18.5 Å². The van der Waals surface area contributed by atoms with Crippen molar-refractivity contribution in [2.24, 2.45) is 0 Å². The number of nitrogens with zero attached hydrogens (tertiary/aromatic N) is 3. The Hall–Kier alpha value is -2.67.